The van der Waals surface area contributed by atoms with E-state index in [1.807, 2.05) is 0 Å². The molecule has 1 aliphatic heterocycles. The summed E-state index contributed by atoms with van der Waals surface area (Å²) in [5.41, 5.74) is 1.69. The van der Waals surface area contributed by atoms with Gasteiger partial charge in [0.2, 0.25) is 0 Å². The molecular weight excluding hydrogens is 236 g/mol. The summed E-state index contributed by atoms with van der Waals surface area (Å²) in [6, 6.07) is 3.55. The summed E-state index contributed by atoms with van der Waals surface area (Å²) in [4.78, 5) is 23.2. The van der Waals surface area contributed by atoms with Gasteiger partial charge in [0.15, 0.2) is 11.5 Å². The van der Waals surface area contributed by atoms with Gasteiger partial charge in [-0.2, -0.15) is 0 Å². The highest BCUT2D eigenvalue weighted by atomic mass is 16.6. The van der Waals surface area contributed by atoms with Crippen LogP contribution in [0.5, 0.6) is 11.5 Å². The Bertz CT molecular complexity index is 549. The molecule has 0 spiro atoms. The topological polar surface area (TPSA) is 61.8 Å². The number of ether oxygens (including phenoxy) is 3. The molecule has 1 heterocycles. The number of carbonyl (C=O) groups excluding carboxylic acids is 2. The van der Waals surface area contributed by atoms with E-state index in [1.54, 1.807) is 26.4 Å². The molecule has 5 heteroatoms. The highest BCUT2D eigenvalue weighted by Crippen LogP contribution is 2.49. The Balaban J connectivity index is 2.15. The van der Waals surface area contributed by atoms with E-state index in [-0.39, 0.29) is 0 Å². The number of fused-ring (bicyclic) bond motifs is 3. The fourth-order valence-corrected chi connectivity index (χ4v) is 2.81. The highest BCUT2D eigenvalue weighted by Gasteiger charge is 2.51. The molecule has 1 saturated heterocycles. The maximum Gasteiger partial charge on any atom is 0.321 e. The van der Waals surface area contributed by atoms with E-state index in [1.165, 1.54) is 0 Å². The van der Waals surface area contributed by atoms with E-state index in [0.29, 0.717) is 17.9 Å². The van der Waals surface area contributed by atoms with Crippen LogP contribution >= 0.6 is 0 Å². The predicted octanol–water partition coefficient (Wildman–Crippen LogP) is 1.04. The van der Waals surface area contributed by atoms with Gasteiger partial charge < -0.3 is 14.2 Å². The number of hydrogen-bond acceptors (Lipinski definition) is 5. The minimum absolute atomic E-state index is 0.409. The van der Waals surface area contributed by atoms with Crippen LogP contribution in [0.25, 0.3) is 0 Å². The molecule has 1 aliphatic carbocycles. The molecule has 2 aliphatic rings. The molecule has 5 nitrogen and oxygen atoms in total. The zero-order valence-corrected chi connectivity index (χ0v) is 10.1. The van der Waals surface area contributed by atoms with Crippen LogP contribution in [0.2, 0.25) is 0 Å². The summed E-state index contributed by atoms with van der Waals surface area (Å²) in [7, 11) is 3.10. The van der Waals surface area contributed by atoms with Crippen molar-refractivity contribution in [3.05, 3.63) is 23.3 Å². The summed E-state index contributed by atoms with van der Waals surface area (Å²) >= 11 is 0. The molecule has 0 amide bonds. The minimum Gasteiger partial charge on any atom is -0.493 e. The van der Waals surface area contributed by atoms with Crippen LogP contribution in [0.3, 0.4) is 0 Å². The number of benzene rings is 1. The summed E-state index contributed by atoms with van der Waals surface area (Å²) < 4.78 is 15.2. The van der Waals surface area contributed by atoms with Crippen LogP contribution in [-0.2, 0) is 20.7 Å². The summed E-state index contributed by atoms with van der Waals surface area (Å²) in [6.07, 6.45) is 0.463. The lowest BCUT2D eigenvalue weighted by molar-refractivity contribution is -0.153. The van der Waals surface area contributed by atoms with Crippen molar-refractivity contribution in [3.63, 3.8) is 0 Å². The van der Waals surface area contributed by atoms with Gasteiger partial charge in [0, 0.05) is 5.56 Å². The standard InChI is InChI=1S/C13H12O5/c1-16-9-4-3-6-7(11(9)17-2)5-8-10(6)13(15)18-12(8)14/h3-4,8,10H,5H2,1-2H3. The van der Waals surface area contributed by atoms with Crippen LogP contribution in [-0.4, -0.2) is 26.2 Å². The molecule has 3 rings (SSSR count). The third-order valence-electron chi connectivity index (χ3n) is 3.60. The largest absolute Gasteiger partial charge is 0.493 e. The zero-order chi connectivity index (χ0) is 12.9. The monoisotopic (exact) mass is 248 g/mol. The summed E-state index contributed by atoms with van der Waals surface area (Å²) in [5, 5.41) is 0. The van der Waals surface area contributed by atoms with Gasteiger partial charge >= 0.3 is 11.9 Å². The lowest BCUT2D eigenvalue weighted by Gasteiger charge is -2.13. The van der Waals surface area contributed by atoms with Crippen molar-refractivity contribution in [1.82, 2.24) is 0 Å². The molecule has 0 saturated carbocycles. The Kier molecular flexibility index (Phi) is 2.29. The highest BCUT2D eigenvalue weighted by molar-refractivity contribution is 6.01. The molecule has 94 valence electrons. The van der Waals surface area contributed by atoms with E-state index < -0.39 is 23.8 Å². The molecule has 0 N–H and O–H groups in total. The number of rotatable bonds is 2. The number of hydrogen-bond donors (Lipinski definition) is 0. The SMILES string of the molecule is COc1ccc2c(c1OC)CC1C(=O)OC(=O)C21. The second-order valence-electron chi connectivity index (χ2n) is 4.40. The third kappa shape index (κ3) is 1.27. The van der Waals surface area contributed by atoms with Crippen LogP contribution in [0, 0.1) is 5.92 Å². The van der Waals surface area contributed by atoms with Gasteiger partial charge in [-0.05, 0) is 18.1 Å². The molecule has 1 fully saturated rings. The normalized spacial score (nSPS) is 24.6. The van der Waals surface area contributed by atoms with E-state index in [4.69, 9.17) is 9.47 Å². The Hall–Kier alpha value is -2.04. The van der Waals surface area contributed by atoms with Crippen LogP contribution in [0.1, 0.15) is 17.0 Å². The van der Waals surface area contributed by atoms with Crippen molar-refractivity contribution < 1.29 is 23.8 Å². The molecule has 0 radical (unpaired) electrons. The quantitative estimate of drug-likeness (QED) is 0.578. The number of carbonyl (C=O) groups is 2. The first-order valence-corrected chi connectivity index (χ1v) is 5.66. The van der Waals surface area contributed by atoms with Crippen molar-refractivity contribution in [3.8, 4) is 11.5 Å². The van der Waals surface area contributed by atoms with Gasteiger partial charge in [-0.15, -0.1) is 0 Å². The second kappa shape index (κ2) is 3.73. The third-order valence-corrected chi connectivity index (χ3v) is 3.60. The molecule has 0 aromatic heterocycles. The van der Waals surface area contributed by atoms with Crippen LogP contribution in [0.4, 0.5) is 0 Å². The lowest BCUT2D eigenvalue weighted by Crippen LogP contribution is -2.10. The van der Waals surface area contributed by atoms with Crippen LogP contribution < -0.4 is 9.47 Å². The van der Waals surface area contributed by atoms with Crippen LogP contribution in [0.15, 0.2) is 12.1 Å². The second-order valence-corrected chi connectivity index (χ2v) is 4.40. The molecule has 18 heavy (non-hydrogen) atoms. The Labute approximate surface area is 104 Å². The van der Waals surface area contributed by atoms with Gasteiger partial charge in [0.1, 0.15) is 0 Å². The average Bonchev–Trinajstić information content (AvgIpc) is 2.87. The van der Waals surface area contributed by atoms with Gasteiger partial charge in [-0.1, -0.05) is 6.07 Å². The van der Waals surface area contributed by atoms with Crippen molar-refractivity contribution in [2.24, 2.45) is 5.92 Å². The van der Waals surface area contributed by atoms with Crippen molar-refractivity contribution >= 4 is 11.9 Å². The molecular formula is C13H12O5. The molecule has 2 unspecified atom stereocenters. The lowest BCUT2D eigenvalue weighted by atomic mass is 9.95. The molecule has 1 aromatic rings. The van der Waals surface area contributed by atoms with Crippen molar-refractivity contribution in [1.29, 1.82) is 0 Å². The zero-order valence-electron chi connectivity index (χ0n) is 10.1. The molecule has 0 bridgehead atoms. The van der Waals surface area contributed by atoms with Crippen molar-refractivity contribution in [2.75, 3.05) is 14.2 Å². The predicted molar refractivity (Wildman–Crippen MR) is 60.6 cm³/mol. The fraction of sp³-hybridized carbons (Fsp3) is 0.385. The average molecular weight is 248 g/mol. The fourth-order valence-electron chi connectivity index (χ4n) is 2.81. The number of esters is 2. The maximum atomic E-state index is 11.7. The first-order chi connectivity index (χ1) is 8.67. The molecule has 1 aromatic carbocycles. The summed E-state index contributed by atoms with van der Waals surface area (Å²) in [6.45, 7) is 0. The number of cyclic esters (lactones) is 2. The Morgan fingerprint density at radius 1 is 1.17 bits per heavy atom. The smallest absolute Gasteiger partial charge is 0.321 e. The Morgan fingerprint density at radius 3 is 2.61 bits per heavy atom. The van der Waals surface area contributed by atoms with E-state index >= 15 is 0 Å². The van der Waals surface area contributed by atoms with Gasteiger partial charge in [-0.3, -0.25) is 9.59 Å². The van der Waals surface area contributed by atoms with E-state index in [2.05, 4.69) is 4.74 Å². The maximum absolute atomic E-state index is 11.7. The molecule has 2 atom stereocenters. The van der Waals surface area contributed by atoms with E-state index in [0.717, 1.165) is 11.1 Å². The summed E-state index contributed by atoms with van der Waals surface area (Å²) in [5.74, 6) is -0.582. The van der Waals surface area contributed by atoms with Crippen molar-refractivity contribution in [2.45, 2.75) is 12.3 Å². The Morgan fingerprint density at radius 2 is 1.94 bits per heavy atom. The first kappa shape index (κ1) is 11.1. The number of methoxy groups -OCH3 is 2. The minimum atomic E-state index is -0.479. The first-order valence-electron chi connectivity index (χ1n) is 5.66. The van der Waals surface area contributed by atoms with Gasteiger partial charge in [0.25, 0.3) is 0 Å². The van der Waals surface area contributed by atoms with Gasteiger partial charge in [-0.25, -0.2) is 0 Å². The van der Waals surface area contributed by atoms with E-state index in [9.17, 15) is 9.59 Å². The van der Waals surface area contributed by atoms with Gasteiger partial charge in [0.05, 0.1) is 26.1 Å².